The molecule has 0 saturated heterocycles. The van der Waals surface area contributed by atoms with E-state index in [0.29, 0.717) is 0 Å². The Hall–Kier alpha value is -1.84. The molecule has 1 saturated carbocycles. The lowest BCUT2D eigenvalue weighted by molar-refractivity contribution is -0.139. The van der Waals surface area contributed by atoms with Crippen molar-refractivity contribution in [3.63, 3.8) is 0 Å². The summed E-state index contributed by atoms with van der Waals surface area (Å²) in [6, 6.07) is 6.30. The van der Waals surface area contributed by atoms with Gasteiger partial charge < -0.3 is 10.6 Å². The van der Waals surface area contributed by atoms with Crippen LogP contribution in [0.25, 0.3) is 0 Å². The minimum Gasteiger partial charge on any atom is -0.352 e. The molecule has 4 nitrogen and oxygen atoms in total. The molecule has 1 aromatic rings. The Labute approximate surface area is 151 Å². The molecule has 1 fully saturated rings. The predicted octanol–water partition coefficient (Wildman–Crippen LogP) is 4.23. The molecule has 1 aliphatic carbocycles. The molecule has 1 aromatic carbocycles. The molecule has 0 radical (unpaired) electrons. The molecule has 25 heavy (non-hydrogen) atoms. The van der Waals surface area contributed by atoms with Crippen molar-refractivity contribution in [1.29, 1.82) is 0 Å². The van der Waals surface area contributed by atoms with E-state index in [2.05, 4.69) is 24.5 Å². The van der Waals surface area contributed by atoms with E-state index in [-0.39, 0.29) is 17.9 Å². The Morgan fingerprint density at radius 2 is 1.56 bits per heavy atom. The Balaban J connectivity index is 2.11. The number of carbonyl (C=O) groups is 2. The lowest BCUT2D eigenvalue weighted by atomic mass is 9.88. The molecule has 138 valence electrons. The fraction of sp³-hybridized carbons (Fsp3) is 0.619. The number of para-hydroxylation sites is 1. The summed E-state index contributed by atoms with van der Waals surface area (Å²) in [6.45, 7) is 7.57. The zero-order chi connectivity index (χ0) is 18.4. The fourth-order valence-corrected chi connectivity index (χ4v) is 3.39. The van der Waals surface area contributed by atoms with Crippen molar-refractivity contribution in [2.75, 3.05) is 5.32 Å². The summed E-state index contributed by atoms with van der Waals surface area (Å²) in [5.41, 5.74) is 1.99. The summed E-state index contributed by atoms with van der Waals surface area (Å²) in [4.78, 5) is 25.6. The van der Waals surface area contributed by atoms with Gasteiger partial charge in [0.05, 0.1) is 0 Å². The zero-order valence-corrected chi connectivity index (χ0v) is 16.1. The highest BCUT2D eigenvalue weighted by atomic mass is 16.2. The standard InChI is InChI=1S/C21H32N2O2/c1-5-15-11-10-12-16(6-2)18(15)23-20(25)21(3,4)19(24)22-17-13-8-7-9-14-17/h10-12,17H,5-9,13-14H2,1-4H3,(H,22,24)(H,23,25). The quantitative estimate of drug-likeness (QED) is 0.759. The third kappa shape index (κ3) is 4.62. The fourth-order valence-electron chi connectivity index (χ4n) is 3.39. The monoisotopic (exact) mass is 344 g/mol. The first-order chi connectivity index (χ1) is 11.9. The number of anilines is 1. The Morgan fingerprint density at radius 1 is 1.00 bits per heavy atom. The van der Waals surface area contributed by atoms with Crippen LogP contribution in [0.3, 0.4) is 0 Å². The molecule has 2 N–H and O–H groups in total. The first kappa shape index (κ1) is 19.5. The van der Waals surface area contributed by atoms with E-state index in [4.69, 9.17) is 0 Å². The third-order valence-electron chi connectivity index (χ3n) is 5.31. The van der Waals surface area contributed by atoms with Crippen LogP contribution in [0.2, 0.25) is 0 Å². The van der Waals surface area contributed by atoms with Gasteiger partial charge in [0.25, 0.3) is 0 Å². The van der Waals surface area contributed by atoms with Gasteiger partial charge >= 0.3 is 0 Å². The second-order valence-electron chi connectivity index (χ2n) is 7.55. The van der Waals surface area contributed by atoms with Crippen LogP contribution in [0, 0.1) is 5.41 Å². The van der Waals surface area contributed by atoms with Gasteiger partial charge in [-0.15, -0.1) is 0 Å². The maximum absolute atomic E-state index is 12.9. The van der Waals surface area contributed by atoms with E-state index in [1.807, 2.05) is 18.2 Å². The summed E-state index contributed by atoms with van der Waals surface area (Å²) in [6.07, 6.45) is 7.27. The summed E-state index contributed by atoms with van der Waals surface area (Å²) in [5, 5.41) is 6.12. The van der Waals surface area contributed by atoms with Gasteiger partial charge in [-0.05, 0) is 50.7 Å². The zero-order valence-electron chi connectivity index (χ0n) is 16.1. The first-order valence-electron chi connectivity index (χ1n) is 9.63. The van der Waals surface area contributed by atoms with Crippen LogP contribution in [0.5, 0.6) is 0 Å². The molecular formula is C21H32N2O2. The average molecular weight is 344 g/mol. The Kier molecular flexibility index (Phi) is 6.63. The van der Waals surface area contributed by atoms with Crippen LogP contribution in [0.4, 0.5) is 5.69 Å². The van der Waals surface area contributed by atoms with Crippen molar-refractivity contribution in [2.24, 2.45) is 5.41 Å². The number of aryl methyl sites for hydroxylation is 2. The van der Waals surface area contributed by atoms with Crippen molar-refractivity contribution < 1.29 is 9.59 Å². The molecule has 1 aliphatic rings. The Bertz CT molecular complexity index is 594. The van der Waals surface area contributed by atoms with Crippen molar-refractivity contribution in [3.8, 4) is 0 Å². The highest BCUT2D eigenvalue weighted by Gasteiger charge is 2.37. The van der Waals surface area contributed by atoms with Gasteiger partial charge in [0.1, 0.15) is 5.41 Å². The summed E-state index contributed by atoms with van der Waals surface area (Å²) in [7, 11) is 0. The normalized spacial score (nSPS) is 15.7. The van der Waals surface area contributed by atoms with Gasteiger partial charge in [-0.25, -0.2) is 0 Å². The lowest BCUT2D eigenvalue weighted by Gasteiger charge is -2.29. The number of rotatable bonds is 6. The van der Waals surface area contributed by atoms with Crippen molar-refractivity contribution in [1.82, 2.24) is 5.32 Å². The SMILES string of the molecule is CCc1cccc(CC)c1NC(=O)C(C)(C)C(=O)NC1CCCCC1. The van der Waals surface area contributed by atoms with E-state index in [1.54, 1.807) is 13.8 Å². The number of benzene rings is 1. The number of carbonyl (C=O) groups excluding carboxylic acids is 2. The van der Waals surface area contributed by atoms with Crippen LogP contribution < -0.4 is 10.6 Å². The molecule has 2 amide bonds. The third-order valence-corrected chi connectivity index (χ3v) is 5.31. The molecule has 0 aromatic heterocycles. The molecule has 0 aliphatic heterocycles. The molecule has 0 spiro atoms. The first-order valence-corrected chi connectivity index (χ1v) is 9.63. The number of hydrogen-bond donors (Lipinski definition) is 2. The van der Waals surface area contributed by atoms with Crippen LogP contribution in [0.1, 0.15) is 70.9 Å². The second kappa shape index (κ2) is 8.50. The van der Waals surface area contributed by atoms with Crippen molar-refractivity contribution in [2.45, 2.75) is 78.7 Å². The molecule has 4 heteroatoms. The van der Waals surface area contributed by atoms with E-state index in [0.717, 1.165) is 55.3 Å². The van der Waals surface area contributed by atoms with Crippen LogP contribution in [-0.2, 0) is 22.4 Å². The van der Waals surface area contributed by atoms with E-state index in [9.17, 15) is 9.59 Å². The minimum absolute atomic E-state index is 0.177. The van der Waals surface area contributed by atoms with Gasteiger partial charge in [0.2, 0.25) is 11.8 Å². The number of nitrogens with one attached hydrogen (secondary N) is 2. The van der Waals surface area contributed by atoms with E-state index in [1.165, 1.54) is 6.42 Å². The largest absolute Gasteiger partial charge is 0.352 e. The molecule has 0 bridgehead atoms. The number of hydrogen-bond acceptors (Lipinski definition) is 2. The Morgan fingerprint density at radius 3 is 2.08 bits per heavy atom. The van der Waals surface area contributed by atoms with Gasteiger partial charge in [-0.1, -0.05) is 51.3 Å². The number of amides is 2. The van der Waals surface area contributed by atoms with Gasteiger partial charge in [-0.3, -0.25) is 9.59 Å². The second-order valence-corrected chi connectivity index (χ2v) is 7.55. The van der Waals surface area contributed by atoms with Crippen LogP contribution >= 0.6 is 0 Å². The summed E-state index contributed by atoms with van der Waals surface area (Å²) < 4.78 is 0. The van der Waals surface area contributed by atoms with E-state index < -0.39 is 5.41 Å². The van der Waals surface area contributed by atoms with E-state index >= 15 is 0 Å². The van der Waals surface area contributed by atoms with Gasteiger partial charge in [0, 0.05) is 11.7 Å². The smallest absolute Gasteiger partial charge is 0.239 e. The summed E-state index contributed by atoms with van der Waals surface area (Å²) in [5.74, 6) is -0.416. The minimum atomic E-state index is -1.09. The van der Waals surface area contributed by atoms with Gasteiger partial charge in [0.15, 0.2) is 0 Å². The van der Waals surface area contributed by atoms with Crippen molar-refractivity contribution in [3.05, 3.63) is 29.3 Å². The van der Waals surface area contributed by atoms with Crippen LogP contribution in [0.15, 0.2) is 18.2 Å². The topological polar surface area (TPSA) is 58.2 Å². The lowest BCUT2D eigenvalue weighted by Crippen LogP contribution is -2.49. The maximum atomic E-state index is 12.9. The molecule has 2 rings (SSSR count). The maximum Gasteiger partial charge on any atom is 0.239 e. The summed E-state index contributed by atoms with van der Waals surface area (Å²) >= 11 is 0. The predicted molar refractivity (Wildman–Crippen MR) is 103 cm³/mol. The highest BCUT2D eigenvalue weighted by Crippen LogP contribution is 2.27. The van der Waals surface area contributed by atoms with Gasteiger partial charge in [-0.2, -0.15) is 0 Å². The molecule has 0 unspecified atom stereocenters. The molecule has 0 heterocycles. The molecule has 0 atom stereocenters. The highest BCUT2D eigenvalue weighted by molar-refractivity contribution is 6.10. The van der Waals surface area contributed by atoms with Crippen LogP contribution in [-0.4, -0.2) is 17.9 Å². The average Bonchev–Trinajstić information content (AvgIpc) is 2.62. The van der Waals surface area contributed by atoms with Crippen molar-refractivity contribution >= 4 is 17.5 Å². The molecular weight excluding hydrogens is 312 g/mol.